The van der Waals surface area contributed by atoms with Gasteiger partial charge in [-0.15, -0.1) is 0 Å². The Balaban J connectivity index is -0.0000000800. The van der Waals surface area contributed by atoms with Crippen molar-refractivity contribution in [2.45, 2.75) is 0 Å². The van der Waals surface area contributed by atoms with E-state index in [0.717, 1.165) is 0 Å². The van der Waals surface area contributed by atoms with Gasteiger partial charge in [-0.2, -0.15) is 0 Å². The Morgan fingerprint density at radius 2 is 0.857 bits per heavy atom. The normalized spacial score (nSPS) is 8.57. The third kappa shape index (κ3) is 93.9. The molecule has 0 aromatic carbocycles. The van der Waals surface area contributed by atoms with Gasteiger partial charge in [0.1, 0.15) is 0 Å². The molecule has 0 aromatic heterocycles. The van der Waals surface area contributed by atoms with Crippen LogP contribution in [0.2, 0.25) is 0 Å². The summed E-state index contributed by atoms with van der Waals surface area (Å²) >= 11 is 0. The molecule has 0 bridgehead atoms. The molecule has 0 fully saturated rings. The second kappa shape index (κ2) is 5.72. The minimum Gasteiger partial charge on any atom is -0.894 e. The zero-order chi connectivity index (χ0) is 4.50. The molecule has 7 heavy (non-hydrogen) atoms. The average molecular weight is 142 g/mol. The van der Waals surface area contributed by atoms with Gasteiger partial charge in [0.15, 0.2) is 0 Å². The molecule has 0 aromatic rings. The first-order chi connectivity index (χ1) is 2.00. The SMILES string of the molecule is [Al].[Na+].[O-][Si]([O-])([O-])[O-]. The van der Waals surface area contributed by atoms with Crippen molar-refractivity contribution >= 4 is 26.4 Å². The van der Waals surface area contributed by atoms with Crippen LogP contribution in [0.25, 0.3) is 0 Å². The van der Waals surface area contributed by atoms with Gasteiger partial charge >= 0.3 is 29.6 Å². The van der Waals surface area contributed by atoms with Crippen LogP contribution in [0.3, 0.4) is 0 Å². The fourth-order valence-electron chi connectivity index (χ4n) is 0. The fraction of sp³-hybridized carbons (Fsp3) is 0. The average Bonchev–Trinajstić information content (AvgIpc) is 0.722. The van der Waals surface area contributed by atoms with Crippen LogP contribution < -0.4 is 48.7 Å². The van der Waals surface area contributed by atoms with E-state index >= 15 is 0 Å². The second-order valence-corrected chi connectivity index (χ2v) is 1.50. The van der Waals surface area contributed by atoms with E-state index in [9.17, 15) is 0 Å². The molecule has 0 atom stereocenters. The molecule has 0 aliphatic heterocycles. The first-order valence-corrected chi connectivity index (χ1v) is 2.45. The smallest absolute Gasteiger partial charge is 0.894 e. The van der Waals surface area contributed by atoms with E-state index < -0.39 is 9.05 Å². The maximum atomic E-state index is 8.58. The Labute approximate surface area is 74.7 Å². The van der Waals surface area contributed by atoms with E-state index in [1.54, 1.807) is 0 Å². The molecule has 0 saturated carbocycles. The molecule has 0 aliphatic rings. The van der Waals surface area contributed by atoms with Gasteiger partial charge < -0.3 is 28.2 Å². The molecule has 0 amide bonds. The first kappa shape index (κ1) is 15.8. The van der Waals surface area contributed by atoms with Gasteiger partial charge in [-0.3, -0.25) is 0 Å². The topological polar surface area (TPSA) is 92.2 Å². The molecule has 0 heterocycles. The van der Waals surface area contributed by atoms with E-state index in [1.807, 2.05) is 0 Å². The molecular formula is AlNaO4Si-3. The molecule has 0 saturated heterocycles. The number of hydrogen-bond donors (Lipinski definition) is 0. The third-order valence-electron chi connectivity index (χ3n) is 0. The quantitative estimate of drug-likeness (QED) is 0.314. The summed E-state index contributed by atoms with van der Waals surface area (Å²) in [5.41, 5.74) is 0. The zero-order valence-corrected chi connectivity index (χ0v) is 7.87. The molecule has 35 valence electrons. The standard InChI is InChI=1S/Al.Na.O4Si/c;;1-5(2,3)4/q;+1;-4. The van der Waals surface area contributed by atoms with Crippen LogP contribution in [0.5, 0.6) is 0 Å². The van der Waals surface area contributed by atoms with Crippen molar-refractivity contribution in [2.75, 3.05) is 0 Å². The summed E-state index contributed by atoms with van der Waals surface area (Å²) in [5.74, 6) is 0. The molecule has 0 N–H and O–H groups in total. The Bertz CT molecular complexity index is 27.2. The van der Waals surface area contributed by atoms with E-state index in [4.69, 9.17) is 19.2 Å². The monoisotopic (exact) mass is 142 g/mol. The van der Waals surface area contributed by atoms with Crippen LogP contribution in [-0.2, 0) is 0 Å². The van der Waals surface area contributed by atoms with Crippen LogP contribution in [0.4, 0.5) is 0 Å². The van der Waals surface area contributed by atoms with Crippen LogP contribution >= 0.6 is 0 Å². The second-order valence-electron chi connectivity index (χ2n) is 0.500. The van der Waals surface area contributed by atoms with Crippen molar-refractivity contribution in [1.82, 2.24) is 0 Å². The van der Waals surface area contributed by atoms with E-state index in [-0.39, 0.29) is 46.9 Å². The minimum atomic E-state index is -5.61. The molecule has 3 radical (unpaired) electrons. The summed E-state index contributed by atoms with van der Waals surface area (Å²) in [6.45, 7) is 0. The maximum absolute atomic E-state index is 8.58. The molecule has 7 heteroatoms. The van der Waals surface area contributed by atoms with Gasteiger partial charge in [0.25, 0.3) is 0 Å². The first-order valence-electron chi connectivity index (χ1n) is 0.816. The molecule has 0 spiro atoms. The predicted octanol–water partition coefficient (Wildman–Crippen LogP) is -8.51. The van der Waals surface area contributed by atoms with Crippen molar-refractivity contribution in [3.63, 3.8) is 0 Å². The minimum absolute atomic E-state index is 0. The third-order valence-corrected chi connectivity index (χ3v) is 0. The summed E-state index contributed by atoms with van der Waals surface area (Å²) in [7, 11) is -5.61. The van der Waals surface area contributed by atoms with Gasteiger partial charge in [-0.05, 0) is 0 Å². The van der Waals surface area contributed by atoms with Crippen molar-refractivity contribution in [2.24, 2.45) is 0 Å². The number of rotatable bonds is 0. The summed E-state index contributed by atoms with van der Waals surface area (Å²) in [6, 6.07) is 0. The van der Waals surface area contributed by atoms with Crippen LogP contribution in [0.15, 0.2) is 0 Å². The van der Waals surface area contributed by atoms with Gasteiger partial charge in [0.05, 0.1) is 0 Å². The maximum Gasteiger partial charge on any atom is 1.00 e. The zero-order valence-electron chi connectivity index (χ0n) is 3.71. The van der Waals surface area contributed by atoms with E-state index in [2.05, 4.69) is 0 Å². The summed E-state index contributed by atoms with van der Waals surface area (Å²) in [6.07, 6.45) is 0. The van der Waals surface area contributed by atoms with Crippen LogP contribution in [0.1, 0.15) is 0 Å². The van der Waals surface area contributed by atoms with Gasteiger partial charge in [-0.1, -0.05) is 0 Å². The summed E-state index contributed by atoms with van der Waals surface area (Å²) < 4.78 is 0. The molecule has 0 rings (SSSR count). The van der Waals surface area contributed by atoms with E-state index in [0.29, 0.717) is 0 Å². The molecule has 4 nitrogen and oxygen atoms in total. The largest absolute Gasteiger partial charge is 1.00 e. The van der Waals surface area contributed by atoms with Crippen LogP contribution in [-0.4, -0.2) is 26.4 Å². The van der Waals surface area contributed by atoms with Crippen molar-refractivity contribution in [3.05, 3.63) is 0 Å². The fourth-order valence-corrected chi connectivity index (χ4v) is 0. The van der Waals surface area contributed by atoms with Crippen molar-refractivity contribution in [1.29, 1.82) is 0 Å². The van der Waals surface area contributed by atoms with Crippen LogP contribution in [0, 0.1) is 0 Å². The molecule has 0 aliphatic carbocycles. The van der Waals surface area contributed by atoms with Crippen molar-refractivity contribution in [3.8, 4) is 0 Å². The summed E-state index contributed by atoms with van der Waals surface area (Å²) in [5, 5.41) is 0. The molecule has 0 unspecified atom stereocenters. The van der Waals surface area contributed by atoms with E-state index in [1.165, 1.54) is 0 Å². The molecular weight excluding hydrogens is 142 g/mol. The Kier molecular flexibility index (Phi) is 12.9. The van der Waals surface area contributed by atoms with Crippen molar-refractivity contribution < 1.29 is 48.7 Å². The number of hydrogen-bond acceptors (Lipinski definition) is 4. The Hall–Kier alpha value is 1.59. The Morgan fingerprint density at radius 3 is 0.857 bits per heavy atom. The summed E-state index contributed by atoms with van der Waals surface area (Å²) in [4.78, 5) is 34.3. The van der Waals surface area contributed by atoms with Gasteiger partial charge in [-0.25, -0.2) is 0 Å². The van der Waals surface area contributed by atoms with Gasteiger partial charge in [0, 0.05) is 17.4 Å². The predicted molar refractivity (Wildman–Crippen MR) is 11.5 cm³/mol. The van der Waals surface area contributed by atoms with Gasteiger partial charge in [0.2, 0.25) is 0 Å². The Morgan fingerprint density at radius 1 is 0.857 bits per heavy atom.